The monoisotopic (exact) mass is 817 g/mol. The van der Waals surface area contributed by atoms with Gasteiger partial charge in [-0.2, -0.15) is 0 Å². The van der Waals surface area contributed by atoms with Crippen molar-refractivity contribution in [1.29, 1.82) is 0 Å². The van der Waals surface area contributed by atoms with Crippen LogP contribution in [0.25, 0.3) is 0 Å². The highest BCUT2D eigenvalue weighted by Gasteiger charge is 2.19. The highest BCUT2D eigenvalue weighted by molar-refractivity contribution is 5.71. The second kappa shape index (κ2) is 46.8. The zero-order chi connectivity index (χ0) is 43.0. The number of rotatable bonds is 40. The molecule has 0 aromatic carbocycles. The maximum absolute atomic E-state index is 12.7. The van der Waals surface area contributed by atoms with Crippen molar-refractivity contribution >= 4 is 17.9 Å². The molecular weight excluding hydrogens is 733 g/mol. The molecule has 1 unspecified atom stereocenters. The summed E-state index contributed by atoms with van der Waals surface area (Å²) in [6.45, 7) is 6.30. The van der Waals surface area contributed by atoms with E-state index < -0.39 is 12.1 Å². The summed E-state index contributed by atoms with van der Waals surface area (Å²) in [7, 11) is 0. The van der Waals surface area contributed by atoms with Gasteiger partial charge in [-0.25, -0.2) is 0 Å². The largest absolute Gasteiger partial charge is 0.462 e. The van der Waals surface area contributed by atoms with Crippen molar-refractivity contribution in [1.82, 2.24) is 0 Å². The normalized spacial score (nSPS) is 13.1. The zero-order valence-corrected chi connectivity index (χ0v) is 37.7. The van der Waals surface area contributed by atoms with Gasteiger partial charge in [0.15, 0.2) is 6.10 Å². The number of allylic oxidation sites excluding steroid dienone is 18. The smallest absolute Gasteiger partial charge is 0.306 e. The van der Waals surface area contributed by atoms with E-state index in [0.29, 0.717) is 19.3 Å². The van der Waals surface area contributed by atoms with Crippen molar-refractivity contribution in [2.75, 3.05) is 13.2 Å². The lowest BCUT2D eigenvalue weighted by Gasteiger charge is -2.18. The molecule has 1 atom stereocenters. The van der Waals surface area contributed by atoms with Crippen LogP contribution in [0.5, 0.6) is 0 Å². The van der Waals surface area contributed by atoms with Gasteiger partial charge < -0.3 is 14.2 Å². The van der Waals surface area contributed by atoms with E-state index in [2.05, 4.69) is 69.4 Å². The maximum Gasteiger partial charge on any atom is 0.306 e. The van der Waals surface area contributed by atoms with Crippen molar-refractivity contribution < 1.29 is 28.6 Å². The number of esters is 3. The fourth-order valence-corrected chi connectivity index (χ4v) is 5.86. The van der Waals surface area contributed by atoms with Gasteiger partial charge in [-0.1, -0.05) is 201 Å². The van der Waals surface area contributed by atoms with Gasteiger partial charge >= 0.3 is 17.9 Å². The molecule has 0 spiro atoms. The Balaban J connectivity index is 4.63. The summed E-state index contributed by atoms with van der Waals surface area (Å²) in [6, 6.07) is 0. The molecule has 59 heavy (non-hydrogen) atoms. The van der Waals surface area contributed by atoms with Crippen LogP contribution in [0.3, 0.4) is 0 Å². The molecule has 6 nitrogen and oxygen atoms in total. The summed E-state index contributed by atoms with van der Waals surface area (Å²) < 4.78 is 16.6. The Bertz CT molecular complexity index is 1260. The van der Waals surface area contributed by atoms with Gasteiger partial charge in [0.25, 0.3) is 0 Å². The first-order valence-corrected chi connectivity index (χ1v) is 23.5. The molecule has 332 valence electrons. The molecule has 0 saturated heterocycles. The Morgan fingerprint density at radius 1 is 0.373 bits per heavy atom. The third kappa shape index (κ3) is 45.0. The minimum Gasteiger partial charge on any atom is -0.462 e. The van der Waals surface area contributed by atoms with E-state index in [4.69, 9.17) is 14.2 Å². The summed E-state index contributed by atoms with van der Waals surface area (Å²) in [5, 5.41) is 0. The number of unbranched alkanes of at least 4 members (excludes halogenated alkanes) is 15. The number of carbonyl (C=O) groups is 3. The summed E-state index contributed by atoms with van der Waals surface area (Å²) in [5.74, 6) is -1.13. The molecule has 0 bridgehead atoms. The van der Waals surface area contributed by atoms with E-state index in [-0.39, 0.29) is 44.4 Å². The molecule has 6 heteroatoms. The topological polar surface area (TPSA) is 78.9 Å². The molecule has 0 N–H and O–H groups in total. The average molecular weight is 817 g/mol. The lowest BCUT2D eigenvalue weighted by Crippen LogP contribution is -2.30. The first kappa shape index (κ1) is 55.1. The molecule has 0 fully saturated rings. The Morgan fingerprint density at radius 3 is 1.27 bits per heavy atom. The molecule has 0 heterocycles. The van der Waals surface area contributed by atoms with Gasteiger partial charge in [-0.15, -0.1) is 0 Å². The van der Waals surface area contributed by atoms with Crippen LogP contribution >= 0.6 is 0 Å². The zero-order valence-electron chi connectivity index (χ0n) is 37.7. The number of ether oxygens (including phenoxy) is 3. The molecule has 0 aromatic rings. The first-order valence-electron chi connectivity index (χ1n) is 23.5. The van der Waals surface area contributed by atoms with Gasteiger partial charge in [0.2, 0.25) is 0 Å². The van der Waals surface area contributed by atoms with Gasteiger partial charge in [0.05, 0.1) is 0 Å². The third-order valence-corrected chi connectivity index (χ3v) is 9.39. The van der Waals surface area contributed by atoms with Crippen LogP contribution in [-0.4, -0.2) is 37.2 Å². The second-order valence-electron chi connectivity index (χ2n) is 15.0. The van der Waals surface area contributed by atoms with Crippen molar-refractivity contribution in [3.05, 3.63) is 109 Å². The maximum atomic E-state index is 12.7. The van der Waals surface area contributed by atoms with E-state index in [1.54, 1.807) is 0 Å². The summed E-state index contributed by atoms with van der Waals surface area (Å²) in [5.41, 5.74) is 0. The molecule has 0 aliphatic carbocycles. The predicted molar refractivity (Wildman–Crippen MR) is 251 cm³/mol. The van der Waals surface area contributed by atoms with E-state index in [9.17, 15) is 14.4 Å². The quantitative estimate of drug-likeness (QED) is 0.0201. The minimum atomic E-state index is -0.849. The van der Waals surface area contributed by atoms with Crippen molar-refractivity contribution in [3.63, 3.8) is 0 Å². The lowest BCUT2D eigenvalue weighted by atomic mass is 10.1. The number of carbonyl (C=O) groups excluding carboxylic acids is 3. The Hall–Kier alpha value is -3.93. The Kier molecular flexibility index (Phi) is 43.6. The minimum absolute atomic E-state index is 0.142. The Morgan fingerprint density at radius 2 is 0.763 bits per heavy atom. The van der Waals surface area contributed by atoms with E-state index in [0.717, 1.165) is 51.4 Å². The fourth-order valence-electron chi connectivity index (χ4n) is 5.86. The predicted octanol–water partition coefficient (Wildman–Crippen LogP) is 15.2. The Labute approximate surface area is 361 Å². The van der Waals surface area contributed by atoms with Crippen LogP contribution in [0.15, 0.2) is 109 Å². The van der Waals surface area contributed by atoms with E-state index in [1.807, 2.05) is 60.8 Å². The summed E-state index contributed by atoms with van der Waals surface area (Å²) in [6.07, 6.45) is 62.4. The van der Waals surface area contributed by atoms with Crippen molar-refractivity contribution in [2.45, 2.75) is 194 Å². The standard InChI is InChI=1S/C53H84O6/c1-4-7-10-13-16-19-22-25-26-29-31-34-37-40-43-46-52(55)58-49-50(59-53(56)47-44-41-38-35-32-28-24-21-18-15-12-9-6-3)48-57-51(54)45-42-39-36-33-30-27-23-20-17-14-11-8-5-2/h7,10,13,16,19,22,25-32,36,38-39,41,50H,4-6,8-9,11-12,14-15,17-18,20-21,23-24,33-35,37,40,42-49H2,1-3H3/b10-7+,16-13+,22-19+,26-25+,30-27+,31-29+,32-28+,39-36+,41-38+. The molecule has 0 aliphatic rings. The molecule has 0 radical (unpaired) electrons. The molecule has 0 aliphatic heterocycles. The third-order valence-electron chi connectivity index (χ3n) is 9.39. The summed E-state index contributed by atoms with van der Waals surface area (Å²) in [4.78, 5) is 37.7. The van der Waals surface area contributed by atoms with Crippen LogP contribution < -0.4 is 0 Å². The molecule has 0 saturated carbocycles. The first-order chi connectivity index (χ1) is 29.0. The molecular formula is C53H84O6. The van der Waals surface area contributed by atoms with Gasteiger partial charge in [-0.3, -0.25) is 14.4 Å². The molecule has 0 amide bonds. The van der Waals surface area contributed by atoms with Crippen LogP contribution in [0, 0.1) is 0 Å². The lowest BCUT2D eigenvalue weighted by molar-refractivity contribution is -0.166. The number of hydrogen-bond acceptors (Lipinski definition) is 6. The molecule has 0 rings (SSSR count). The highest BCUT2D eigenvalue weighted by Crippen LogP contribution is 2.10. The van der Waals surface area contributed by atoms with Crippen LogP contribution in [0.2, 0.25) is 0 Å². The van der Waals surface area contributed by atoms with Crippen LogP contribution in [0.1, 0.15) is 188 Å². The van der Waals surface area contributed by atoms with Crippen molar-refractivity contribution in [2.24, 2.45) is 0 Å². The SMILES string of the molecule is CC/C=C/C=C/C=C/C=C/C=C/CCCCCC(=O)OCC(COC(=O)CC/C=C/C/C=C/CCCCCCCC)OC(=O)CC/C=C/C/C=C/CCCCCCCC. The molecule has 0 aromatic heterocycles. The van der Waals surface area contributed by atoms with E-state index >= 15 is 0 Å². The fraction of sp³-hybridized carbons (Fsp3) is 0.604. The number of hydrogen-bond donors (Lipinski definition) is 0. The van der Waals surface area contributed by atoms with Gasteiger partial charge in [0.1, 0.15) is 13.2 Å². The summed E-state index contributed by atoms with van der Waals surface area (Å²) >= 11 is 0. The van der Waals surface area contributed by atoms with Crippen LogP contribution in [-0.2, 0) is 28.6 Å². The second-order valence-corrected chi connectivity index (χ2v) is 15.0. The highest BCUT2D eigenvalue weighted by atomic mass is 16.6. The van der Waals surface area contributed by atoms with Gasteiger partial charge in [-0.05, 0) is 77.0 Å². The van der Waals surface area contributed by atoms with Gasteiger partial charge in [0, 0.05) is 19.3 Å². The van der Waals surface area contributed by atoms with Crippen LogP contribution in [0.4, 0.5) is 0 Å². The van der Waals surface area contributed by atoms with E-state index in [1.165, 1.54) is 77.0 Å². The average Bonchev–Trinajstić information content (AvgIpc) is 3.23. The van der Waals surface area contributed by atoms with Crippen molar-refractivity contribution in [3.8, 4) is 0 Å².